The summed E-state index contributed by atoms with van der Waals surface area (Å²) in [7, 11) is 0. The largest absolute Gasteiger partial charge is 0.378 e. The molecule has 0 aromatic carbocycles. The van der Waals surface area contributed by atoms with E-state index in [2.05, 4.69) is 22.7 Å². The first-order valence-electron chi connectivity index (χ1n) is 9.35. The van der Waals surface area contributed by atoms with E-state index in [0.717, 1.165) is 39.0 Å². The molecule has 1 saturated heterocycles. The molecule has 1 spiro atoms. The fourth-order valence-corrected chi connectivity index (χ4v) is 4.86. The van der Waals surface area contributed by atoms with Gasteiger partial charge in [-0.1, -0.05) is 6.42 Å². The van der Waals surface area contributed by atoms with Crippen LogP contribution < -0.4 is 10.6 Å². The van der Waals surface area contributed by atoms with Gasteiger partial charge in [-0.05, 0) is 58.2 Å². The Balaban J connectivity index is 0.00000182. The molecule has 4 rings (SSSR count). The Morgan fingerprint density at radius 2 is 2.12 bits per heavy atom. The minimum atomic E-state index is -0.545. The molecule has 1 aromatic rings. The smallest absolute Gasteiger partial charge is 0.248 e. The van der Waals surface area contributed by atoms with Crippen LogP contribution >= 0.6 is 12.4 Å². The molecule has 7 heteroatoms. The highest BCUT2D eigenvalue weighted by Crippen LogP contribution is 2.57. The molecule has 3 aliphatic rings. The van der Waals surface area contributed by atoms with Crippen LogP contribution in [-0.2, 0) is 15.1 Å². The summed E-state index contributed by atoms with van der Waals surface area (Å²) < 4.78 is 7.78. The first-order chi connectivity index (χ1) is 11.7. The number of aromatic nitrogens is 2. The third-order valence-electron chi connectivity index (χ3n) is 6.54. The van der Waals surface area contributed by atoms with Gasteiger partial charge in [0.1, 0.15) is 5.54 Å². The second-order valence-electron chi connectivity index (χ2n) is 7.52. The minimum absolute atomic E-state index is 0. The van der Waals surface area contributed by atoms with Crippen LogP contribution in [-0.4, -0.2) is 47.5 Å². The molecule has 2 atom stereocenters. The maximum atomic E-state index is 13.3. The van der Waals surface area contributed by atoms with Gasteiger partial charge in [-0.15, -0.1) is 12.4 Å². The molecule has 0 bridgehead atoms. The predicted molar refractivity (Wildman–Crippen MR) is 97.8 cm³/mol. The molecule has 2 unspecified atom stereocenters. The van der Waals surface area contributed by atoms with Gasteiger partial charge in [0.25, 0.3) is 0 Å². The molecule has 1 aromatic heterocycles. The Morgan fingerprint density at radius 3 is 2.68 bits per heavy atom. The minimum Gasteiger partial charge on any atom is -0.378 e. The number of amides is 1. The van der Waals surface area contributed by atoms with Crippen molar-refractivity contribution >= 4 is 18.3 Å². The molecule has 2 heterocycles. The van der Waals surface area contributed by atoms with Crippen LogP contribution in [0.25, 0.3) is 0 Å². The summed E-state index contributed by atoms with van der Waals surface area (Å²) in [6, 6.07) is 2.16. The van der Waals surface area contributed by atoms with Crippen molar-refractivity contribution in [2.45, 2.75) is 63.1 Å². The van der Waals surface area contributed by atoms with Gasteiger partial charge < -0.3 is 15.4 Å². The Morgan fingerprint density at radius 1 is 1.36 bits per heavy atom. The number of hydrogen-bond acceptors (Lipinski definition) is 4. The number of carbonyl (C=O) groups is 1. The molecule has 2 saturated carbocycles. The lowest BCUT2D eigenvalue weighted by atomic mass is 9.51. The Labute approximate surface area is 155 Å². The van der Waals surface area contributed by atoms with Gasteiger partial charge in [0.2, 0.25) is 5.91 Å². The summed E-state index contributed by atoms with van der Waals surface area (Å²) >= 11 is 0. The lowest BCUT2D eigenvalue weighted by Gasteiger charge is -2.61. The molecule has 2 N–H and O–H groups in total. The van der Waals surface area contributed by atoms with Crippen molar-refractivity contribution < 1.29 is 9.53 Å². The van der Waals surface area contributed by atoms with Gasteiger partial charge in [0, 0.05) is 30.5 Å². The van der Waals surface area contributed by atoms with E-state index in [1.54, 1.807) is 6.20 Å². The van der Waals surface area contributed by atoms with E-state index < -0.39 is 5.54 Å². The Hall–Kier alpha value is -1.11. The van der Waals surface area contributed by atoms with Crippen LogP contribution in [0.3, 0.4) is 0 Å². The maximum absolute atomic E-state index is 13.3. The van der Waals surface area contributed by atoms with Crippen LogP contribution in [0, 0.1) is 5.41 Å². The first-order valence-corrected chi connectivity index (χ1v) is 9.35. The number of ether oxygens (including phenoxy) is 1. The van der Waals surface area contributed by atoms with E-state index in [9.17, 15) is 4.79 Å². The standard InChI is InChI=1S/C18H28N4O2.ClH/c1-2-24-15-13-14(17(15)5-3-6-17)21-16(23)18(7-10-19-11-8-18)22-12-4-9-20-22;/h4,9,12,14-15,19H,2-3,5-8,10-11,13H2,1H3,(H,21,23);1H. The van der Waals surface area contributed by atoms with E-state index in [-0.39, 0.29) is 29.8 Å². The van der Waals surface area contributed by atoms with E-state index in [4.69, 9.17) is 4.74 Å². The van der Waals surface area contributed by atoms with Crippen LogP contribution in [0.2, 0.25) is 0 Å². The van der Waals surface area contributed by atoms with Crippen molar-refractivity contribution in [1.29, 1.82) is 0 Å². The molecule has 140 valence electrons. The van der Waals surface area contributed by atoms with Crippen molar-refractivity contribution in [3.63, 3.8) is 0 Å². The maximum Gasteiger partial charge on any atom is 0.248 e. The van der Waals surface area contributed by atoms with Crippen molar-refractivity contribution in [3.8, 4) is 0 Å². The fraction of sp³-hybridized carbons (Fsp3) is 0.778. The van der Waals surface area contributed by atoms with Crippen LogP contribution in [0.1, 0.15) is 45.4 Å². The zero-order valence-corrected chi connectivity index (χ0v) is 15.7. The highest BCUT2D eigenvalue weighted by molar-refractivity contribution is 5.85. The monoisotopic (exact) mass is 368 g/mol. The molecule has 3 fully saturated rings. The number of nitrogens with one attached hydrogen (secondary N) is 2. The third-order valence-corrected chi connectivity index (χ3v) is 6.54. The quantitative estimate of drug-likeness (QED) is 0.832. The van der Waals surface area contributed by atoms with Crippen LogP contribution in [0.4, 0.5) is 0 Å². The summed E-state index contributed by atoms with van der Waals surface area (Å²) in [6.45, 7) is 4.52. The lowest BCUT2D eigenvalue weighted by molar-refractivity contribution is -0.178. The first kappa shape index (κ1) is 18.7. The normalized spacial score (nSPS) is 29.2. The van der Waals surface area contributed by atoms with Gasteiger partial charge in [0.15, 0.2) is 0 Å². The average Bonchev–Trinajstić information content (AvgIpc) is 3.07. The van der Waals surface area contributed by atoms with Crippen molar-refractivity contribution in [2.24, 2.45) is 5.41 Å². The van der Waals surface area contributed by atoms with Crippen molar-refractivity contribution in [2.75, 3.05) is 19.7 Å². The Bertz CT molecular complexity index is 582. The average molecular weight is 369 g/mol. The molecule has 25 heavy (non-hydrogen) atoms. The topological polar surface area (TPSA) is 68.2 Å². The number of carbonyl (C=O) groups excluding carboxylic acids is 1. The van der Waals surface area contributed by atoms with Gasteiger partial charge in [-0.3, -0.25) is 9.48 Å². The molecular formula is C18H29ClN4O2. The highest BCUT2D eigenvalue weighted by atomic mass is 35.5. The number of hydrogen-bond donors (Lipinski definition) is 2. The zero-order chi connectivity index (χ0) is 16.6. The van der Waals surface area contributed by atoms with Crippen LogP contribution in [0.5, 0.6) is 0 Å². The number of halogens is 1. The molecule has 6 nitrogen and oxygen atoms in total. The van der Waals surface area contributed by atoms with E-state index >= 15 is 0 Å². The number of rotatable bonds is 5. The van der Waals surface area contributed by atoms with Gasteiger partial charge in [-0.25, -0.2) is 0 Å². The van der Waals surface area contributed by atoms with Crippen molar-refractivity contribution in [3.05, 3.63) is 18.5 Å². The summed E-state index contributed by atoms with van der Waals surface area (Å²) in [6.07, 6.45) is 10.2. The molecule has 1 amide bonds. The van der Waals surface area contributed by atoms with Crippen molar-refractivity contribution in [1.82, 2.24) is 20.4 Å². The Kier molecular flexibility index (Phi) is 5.42. The van der Waals surface area contributed by atoms with Gasteiger partial charge in [-0.2, -0.15) is 5.10 Å². The molecule has 1 aliphatic heterocycles. The van der Waals surface area contributed by atoms with E-state index in [1.807, 2.05) is 16.9 Å². The number of piperidine rings is 1. The highest BCUT2D eigenvalue weighted by Gasteiger charge is 2.60. The van der Waals surface area contributed by atoms with Gasteiger partial charge >= 0.3 is 0 Å². The van der Waals surface area contributed by atoms with Gasteiger partial charge in [0.05, 0.1) is 6.10 Å². The zero-order valence-electron chi connectivity index (χ0n) is 14.9. The summed E-state index contributed by atoms with van der Waals surface area (Å²) in [5, 5.41) is 11.2. The summed E-state index contributed by atoms with van der Waals surface area (Å²) in [5.74, 6) is 0.138. The third kappa shape index (κ3) is 2.88. The van der Waals surface area contributed by atoms with E-state index in [1.165, 1.54) is 19.3 Å². The summed E-state index contributed by atoms with van der Waals surface area (Å²) in [5.41, 5.74) is -0.347. The summed E-state index contributed by atoms with van der Waals surface area (Å²) in [4.78, 5) is 13.3. The lowest BCUT2D eigenvalue weighted by Crippen LogP contribution is -2.70. The number of nitrogens with zero attached hydrogens (tertiary/aromatic N) is 2. The molecule has 0 radical (unpaired) electrons. The SMILES string of the molecule is CCOC1CC(NC(=O)C2(n3cccn3)CCNCC2)C12CCC2.Cl. The predicted octanol–water partition coefficient (Wildman–Crippen LogP) is 1.85. The van der Waals surface area contributed by atoms with Crippen LogP contribution in [0.15, 0.2) is 18.5 Å². The van der Waals surface area contributed by atoms with E-state index in [0.29, 0.717) is 6.10 Å². The second-order valence-corrected chi connectivity index (χ2v) is 7.52. The molecular weight excluding hydrogens is 340 g/mol. The fourth-order valence-electron chi connectivity index (χ4n) is 4.86. The second kappa shape index (κ2) is 7.25. The molecule has 2 aliphatic carbocycles.